The van der Waals surface area contributed by atoms with Crippen molar-refractivity contribution in [2.75, 3.05) is 0 Å². The van der Waals surface area contributed by atoms with E-state index in [1.165, 1.54) is 28.8 Å². The third kappa shape index (κ3) is 3.87. The molecule has 0 aliphatic carbocycles. The van der Waals surface area contributed by atoms with Crippen LogP contribution in [0.2, 0.25) is 5.02 Å². The summed E-state index contributed by atoms with van der Waals surface area (Å²) in [4.78, 5) is 11.2. The van der Waals surface area contributed by atoms with Crippen LogP contribution in [0.1, 0.15) is 34.8 Å². The average molecular weight is 410 g/mol. The summed E-state index contributed by atoms with van der Waals surface area (Å²) in [5.74, 6) is 0.649. The maximum Gasteiger partial charge on any atom is 0.417 e. The lowest BCUT2D eigenvalue weighted by Crippen LogP contribution is -2.12. The molecular weight excluding hydrogens is 395 g/mol. The van der Waals surface area contributed by atoms with E-state index in [4.69, 9.17) is 16.3 Å². The van der Waals surface area contributed by atoms with Crippen molar-refractivity contribution in [1.29, 1.82) is 0 Å². The van der Waals surface area contributed by atoms with E-state index in [1.807, 2.05) is 0 Å². The van der Waals surface area contributed by atoms with Crippen LogP contribution in [-0.2, 0) is 13.2 Å². The number of alkyl halides is 3. The maximum absolute atomic E-state index is 13.3. The molecule has 0 amide bonds. The van der Waals surface area contributed by atoms with Crippen molar-refractivity contribution < 1.29 is 22.7 Å². The van der Waals surface area contributed by atoms with E-state index in [-0.39, 0.29) is 22.7 Å². The molecule has 0 saturated heterocycles. The number of aldehydes is 1. The van der Waals surface area contributed by atoms with Crippen LogP contribution in [0.4, 0.5) is 13.2 Å². The molecule has 0 fully saturated rings. The molecule has 9 heteroatoms. The highest BCUT2D eigenvalue weighted by atomic mass is 35.5. The smallest absolute Gasteiger partial charge is 0.417 e. The van der Waals surface area contributed by atoms with Crippen molar-refractivity contribution in [2.45, 2.75) is 19.2 Å². The topological polar surface area (TPSA) is 57.0 Å². The van der Waals surface area contributed by atoms with Gasteiger partial charge < -0.3 is 9.30 Å². The van der Waals surface area contributed by atoms with Crippen molar-refractivity contribution >= 4 is 17.9 Å². The molecule has 5 nitrogen and oxygen atoms in total. The first-order valence-corrected chi connectivity index (χ1v) is 8.57. The van der Waals surface area contributed by atoms with Gasteiger partial charge in [-0.15, -0.1) is 10.2 Å². The Kier molecular flexibility index (Phi) is 5.42. The number of hydrogen-bond donors (Lipinski definition) is 0. The summed E-state index contributed by atoms with van der Waals surface area (Å²) >= 11 is 5.86. The van der Waals surface area contributed by atoms with E-state index in [1.54, 1.807) is 26.1 Å². The minimum atomic E-state index is -4.52. The van der Waals surface area contributed by atoms with Crippen LogP contribution >= 0.6 is 11.6 Å². The Hall–Kier alpha value is -2.87. The van der Waals surface area contributed by atoms with Crippen LogP contribution in [0.15, 0.2) is 42.5 Å². The number of aromatic nitrogens is 3. The minimum Gasteiger partial charge on any atom is -0.482 e. The van der Waals surface area contributed by atoms with Gasteiger partial charge in [-0.2, -0.15) is 13.2 Å². The molecule has 1 aromatic heterocycles. The molecule has 0 bridgehead atoms. The number of ether oxygens (including phenoxy) is 1. The lowest BCUT2D eigenvalue weighted by Gasteiger charge is -2.16. The summed E-state index contributed by atoms with van der Waals surface area (Å²) < 4.78 is 47.1. The Balaban J connectivity index is 1.95. The molecule has 0 spiro atoms. The zero-order valence-electron chi connectivity index (χ0n) is 14.9. The van der Waals surface area contributed by atoms with Gasteiger partial charge in [0, 0.05) is 17.6 Å². The summed E-state index contributed by atoms with van der Waals surface area (Å²) in [6.07, 6.45) is -4.59. The minimum absolute atomic E-state index is 0.0603. The van der Waals surface area contributed by atoms with E-state index in [0.717, 1.165) is 6.07 Å². The Morgan fingerprint density at radius 1 is 1.18 bits per heavy atom. The highest BCUT2D eigenvalue weighted by molar-refractivity contribution is 6.30. The number of halogens is 4. The SMILES string of the molecule is C[C@H](Oc1ccc(Cl)cc1C=O)c1nnc(-c2ccccc2C(F)(F)F)n1C. The molecule has 0 saturated carbocycles. The van der Waals surface area contributed by atoms with Crippen molar-refractivity contribution in [3.05, 3.63) is 64.4 Å². The number of benzene rings is 2. The van der Waals surface area contributed by atoms with Crippen LogP contribution in [-0.4, -0.2) is 21.1 Å². The van der Waals surface area contributed by atoms with Crippen molar-refractivity contribution in [3.8, 4) is 17.1 Å². The van der Waals surface area contributed by atoms with Crippen LogP contribution in [0.3, 0.4) is 0 Å². The number of hydrogen-bond acceptors (Lipinski definition) is 4. The van der Waals surface area contributed by atoms with Gasteiger partial charge in [0.2, 0.25) is 0 Å². The predicted octanol–water partition coefficient (Wildman–Crippen LogP) is 5.11. The largest absolute Gasteiger partial charge is 0.482 e. The number of rotatable bonds is 5. The third-order valence-electron chi connectivity index (χ3n) is 4.15. The standard InChI is InChI=1S/C19H15ClF3N3O2/c1-11(28-16-8-7-13(20)9-12(16)10-27)17-24-25-18(26(17)2)14-5-3-4-6-15(14)19(21,22)23/h3-11H,1-2H3/t11-/m0/s1. The molecule has 3 rings (SSSR count). The van der Waals surface area contributed by atoms with Gasteiger partial charge in [0.05, 0.1) is 11.1 Å². The van der Waals surface area contributed by atoms with E-state index in [9.17, 15) is 18.0 Å². The average Bonchev–Trinajstić information content (AvgIpc) is 3.03. The normalized spacial score (nSPS) is 12.6. The van der Waals surface area contributed by atoms with Crippen LogP contribution in [0, 0.1) is 0 Å². The van der Waals surface area contributed by atoms with Gasteiger partial charge in [0.15, 0.2) is 24.0 Å². The Bertz CT molecular complexity index is 1020. The molecule has 0 radical (unpaired) electrons. The van der Waals surface area contributed by atoms with Crippen LogP contribution in [0.25, 0.3) is 11.4 Å². The van der Waals surface area contributed by atoms with Gasteiger partial charge in [-0.25, -0.2) is 0 Å². The maximum atomic E-state index is 13.3. The second-order valence-corrected chi connectivity index (χ2v) is 6.48. The van der Waals surface area contributed by atoms with Crippen molar-refractivity contribution in [1.82, 2.24) is 14.8 Å². The van der Waals surface area contributed by atoms with E-state index in [0.29, 0.717) is 17.1 Å². The van der Waals surface area contributed by atoms with Gasteiger partial charge in [-0.05, 0) is 31.2 Å². The first-order valence-electron chi connectivity index (χ1n) is 8.19. The van der Waals surface area contributed by atoms with E-state index < -0.39 is 17.8 Å². The zero-order valence-corrected chi connectivity index (χ0v) is 15.6. The molecule has 0 unspecified atom stereocenters. The van der Waals surface area contributed by atoms with E-state index >= 15 is 0 Å². The lowest BCUT2D eigenvalue weighted by molar-refractivity contribution is -0.137. The number of nitrogens with zero attached hydrogens (tertiary/aromatic N) is 3. The van der Waals surface area contributed by atoms with Gasteiger partial charge in [-0.3, -0.25) is 4.79 Å². The molecule has 0 aliphatic rings. The summed E-state index contributed by atoms with van der Waals surface area (Å²) in [5.41, 5.74) is -0.626. The molecule has 2 aromatic carbocycles. The lowest BCUT2D eigenvalue weighted by atomic mass is 10.1. The van der Waals surface area contributed by atoms with Gasteiger partial charge in [-0.1, -0.05) is 29.8 Å². The zero-order chi connectivity index (χ0) is 20.5. The molecule has 1 heterocycles. The summed E-state index contributed by atoms with van der Waals surface area (Å²) in [6.45, 7) is 1.66. The molecule has 0 aliphatic heterocycles. The highest BCUT2D eigenvalue weighted by Gasteiger charge is 2.35. The monoisotopic (exact) mass is 409 g/mol. The molecule has 28 heavy (non-hydrogen) atoms. The second kappa shape index (κ2) is 7.63. The molecule has 146 valence electrons. The van der Waals surface area contributed by atoms with Gasteiger partial charge in [0.1, 0.15) is 5.75 Å². The molecule has 1 atom stereocenters. The first kappa shape index (κ1) is 19.9. The van der Waals surface area contributed by atoms with E-state index in [2.05, 4.69) is 10.2 Å². The Morgan fingerprint density at radius 2 is 1.89 bits per heavy atom. The second-order valence-electron chi connectivity index (χ2n) is 6.04. The fraction of sp³-hybridized carbons (Fsp3) is 0.211. The van der Waals surface area contributed by atoms with Crippen molar-refractivity contribution in [3.63, 3.8) is 0 Å². The molecule has 0 N–H and O–H groups in total. The highest BCUT2D eigenvalue weighted by Crippen LogP contribution is 2.36. The van der Waals surface area contributed by atoms with Crippen LogP contribution in [0.5, 0.6) is 5.75 Å². The van der Waals surface area contributed by atoms with Gasteiger partial charge >= 0.3 is 6.18 Å². The number of carbonyl (C=O) groups is 1. The summed E-state index contributed by atoms with van der Waals surface area (Å²) in [6, 6.07) is 9.72. The van der Waals surface area contributed by atoms with Gasteiger partial charge in [0.25, 0.3) is 0 Å². The summed E-state index contributed by atoms with van der Waals surface area (Å²) in [7, 11) is 1.56. The first-order chi connectivity index (χ1) is 13.2. The molecule has 3 aromatic rings. The predicted molar refractivity (Wildman–Crippen MR) is 97.3 cm³/mol. The fourth-order valence-electron chi connectivity index (χ4n) is 2.82. The summed E-state index contributed by atoms with van der Waals surface area (Å²) in [5, 5.41) is 8.29. The van der Waals surface area contributed by atoms with Crippen molar-refractivity contribution in [2.24, 2.45) is 7.05 Å². The quantitative estimate of drug-likeness (QED) is 0.550. The van der Waals surface area contributed by atoms with Crippen LogP contribution < -0.4 is 4.74 Å². The fourth-order valence-corrected chi connectivity index (χ4v) is 3.00. The molecular formula is C19H15ClF3N3O2. The number of carbonyl (C=O) groups excluding carboxylic acids is 1. The Labute approximate surface area is 163 Å². The third-order valence-corrected chi connectivity index (χ3v) is 4.38. The Morgan fingerprint density at radius 3 is 2.57 bits per heavy atom.